The molecule has 6 rings (SSSR count). The van der Waals surface area contributed by atoms with Gasteiger partial charge in [0.15, 0.2) is 5.65 Å². The lowest BCUT2D eigenvalue weighted by Crippen LogP contribution is -2.48. The Bertz CT molecular complexity index is 1690. The zero-order valence-corrected chi connectivity index (χ0v) is 21.0. The van der Waals surface area contributed by atoms with Gasteiger partial charge in [0.05, 0.1) is 10.5 Å². The average molecular weight is 527 g/mol. The minimum atomic E-state index is -0.0557. The number of nitrogens with zero attached hydrogens (tertiary/aromatic N) is 7. The van der Waals surface area contributed by atoms with E-state index in [2.05, 4.69) is 37.6 Å². The molecule has 0 bridgehead atoms. The summed E-state index contributed by atoms with van der Waals surface area (Å²) in [6.45, 7) is 6.17. The topological polar surface area (TPSA) is 115 Å². The second-order valence-corrected chi connectivity index (χ2v) is 9.24. The van der Waals surface area contributed by atoms with Gasteiger partial charge in [-0.25, -0.2) is 19.5 Å². The molecule has 38 heavy (non-hydrogen) atoms. The first kappa shape index (κ1) is 23.7. The number of piperazine rings is 1. The number of nitrogens with two attached hydrogens (primary N) is 1. The van der Waals surface area contributed by atoms with Crippen molar-refractivity contribution >= 4 is 45.6 Å². The Morgan fingerprint density at radius 2 is 1.87 bits per heavy atom. The monoisotopic (exact) mass is 526 g/mol. The van der Waals surface area contributed by atoms with Crippen LogP contribution in [0.2, 0.25) is 5.02 Å². The van der Waals surface area contributed by atoms with E-state index in [-0.39, 0.29) is 5.91 Å². The second kappa shape index (κ2) is 9.64. The summed E-state index contributed by atoms with van der Waals surface area (Å²) in [4.78, 5) is 28.9. The molecule has 5 aromatic rings. The molecule has 3 aromatic heterocycles. The molecule has 0 saturated carbocycles. The number of hydrogen-bond donors (Lipinski definition) is 1. The summed E-state index contributed by atoms with van der Waals surface area (Å²) < 4.78 is 7.69. The van der Waals surface area contributed by atoms with Gasteiger partial charge in [0.1, 0.15) is 30.0 Å². The van der Waals surface area contributed by atoms with Crippen LogP contribution < -0.4 is 15.4 Å². The number of anilines is 2. The molecule has 1 fully saturated rings. The van der Waals surface area contributed by atoms with Gasteiger partial charge in [-0.05, 0) is 42.0 Å². The van der Waals surface area contributed by atoms with Crippen LogP contribution in [0, 0.1) is 0 Å². The molecule has 0 atom stereocenters. The zero-order valence-electron chi connectivity index (χ0n) is 20.3. The number of amides is 1. The van der Waals surface area contributed by atoms with Crippen LogP contribution in [0.15, 0.2) is 74.0 Å². The highest BCUT2D eigenvalue weighted by atomic mass is 35.5. The van der Waals surface area contributed by atoms with Gasteiger partial charge in [-0.3, -0.25) is 4.79 Å². The standard InChI is InChI=1S/C27H23ClN8O2/c1-2-25(37)35-9-7-34(8-10-35)18-12-20(26-21(13-18)27(29)32-15-31-26)17-3-4-23(22(28)11-17)38-19-5-6-36-24(14-19)30-16-33-36/h2-6,11-16H,1,7-10H2,(H2,29,31,32). The predicted octanol–water partition coefficient (Wildman–Crippen LogP) is 4.20. The summed E-state index contributed by atoms with van der Waals surface area (Å²) in [5.41, 5.74) is 10.4. The Labute approximate surface area is 222 Å². The van der Waals surface area contributed by atoms with Crippen LogP contribution in [0.3, 0.4) is 0 Å². The van der Waals surface area contributed by atoms with E-state index in [0.717, 1.165) is 27.7 Å². The number of halogens is 1. The Morgan fingerprint density at radius 3 is 2.66 bits per heavy atom. The number of hydrogen-bond acceptors (Lipinski definition) is 8. The highest BCUT2D eigenvalue weighted by Gasteiger charge is 2.22. The molecule has 0 unspecified atom stereocenters. The first-order chi connectivity index (χ1) is 18.5. The summed E-state index contributed by atoms with van der Waals surface area (Å²) >= 11 is 6.69. The van der Waals surface area contributed by atoms with Gasteiger partial charge < -0.3 is 20.3 Å². The van der Waals surface area contributed by atoms with Gasteiger partial charge in [0.25, 0.3) is 0 Å². The van der Waals surface area contributed by atoms with Crippen molar-refractivity contribution in [1.29, 1.82) is 0 Å². The van der Waals surface area contributed by atoms with Crippen molar-refractivity contribution in [3.05, 3.63) is 79.0 Å². The van der Waals surface area contributed by atoms with Crippen LogP contribution in [0.4, 0.5) is 11.5 Å². The third-order valence-corrected chi connectivity index (χ3v) is 6.90. The van der Waals surface area contributed by atoms with Crippen molar-refractivity contribution in [3.8, 4) is 22.6 Å². The number of pyridine rings is 1. The van der Waals surface area contributed by atoms with Crippen LogP contribution in [0.25, 0.3) is 27.7 Å². The summed E-state index contributed by atoms with van der Waals surface area (Å²) in [7, 11) is 0. The summed E-state index contributed by atoms with van der Waals surface area (Å²) in [6, 6.07) is 13.3. The van der Waals surface area contributed by atoms with Crippen LogP contribution in [-0.4, -0.2) is 61.6 Å². The summed E-state index contributed by atoms with van der Waals surface area (Å²) in [6.07, 6.45) is 6.07. The number of fused-ring (bicyclic) bond motifs is 2. The predicted molar refractivity (Wildman–Crippen MR) is 146 cm³/mol. The molecule has 1 aliphatic heterocycles. The molecule has 0 aliphatic carbocycles. The molecule has 0 radical (unpaired) electrons. The summed E-state index contributed by atoms with van der Waals surface area (Å²) in [5.74, 6) is 1.45. The second-order valence-electron chi connectivity index (χ2n) is 8.84. The van der Waals surface area contributed by atoms with E-state index >= 15 is 0 Å². The fourth-order valence-electron chi connectivity index (χ4n) is 4.63. The molecule has 1 amide bonds. The third-order valence-electron chi connectivity index (χ3n) is 6.61. The van der Waals surface area contributed by atoms with Crippen molar-refractivity contribution < 1.29 is 9.53 Å². The van der Waals surface area contributed by atoms with E-state index in [1.165, 1.54) is 18.7 Å². The highest BCUT2D eigenvalue weighted by molar-refractivity contribution is 6.32. The van der Waals surface area contributed by atoms with Crippen molar-refractivity contribution in [2.45, 2.75) is 0 Å². The van der Waals surface area contributed by atoms with E-state index in [4.69, 9.17) is 22.1 Å². The van der Waals surface area contributed by atoms with Gasteiger partial charge in [-0.15, -0.1) is 0 Å². The van der Waals surface area contributed by atoms with E-state index in [9.17, 15) is 4.79 Å². The molecule has 1 aliphatic rings. The average Bonchev–Trinajstić information content (AvgIpc) is 3.42. The number of aromatic nitrogens is 5. The van der Waals surface area contributed by atoms with E-state index < -0.39 is 0 Å². The zero-order chi connectivity index (χ0) is 26.2. The van der Waals surface area contributed by atoms with Crippen LogP contribution in [-0.2, 0) is 4.79 Å². The van der Waals surface area contributed by atoms with E-state index in [0.29, 0.717) is 54.2 Å². The largest absolute Gasteiger partial charge is 0.456 e. The molecule has 1 saturated heterocycles. The third kappa shape index (κ3) is 4.35. The number of ether oxygens (including phenoxy) is 1. The van der Waals surface area contributed by atoms with Gasteiger partial charge in [-0.1, -0.05) is 24.2 Å². The molecule has 2 N–H and O–H groups in total. The van der Waals surface area contributed by atoms with Crippen LogP contribution >= 0.6 is 11.6 Å². The highest BCUT2D eigenvalue weighted by Crippen LogP contribution is 2.38. The van der Waals surface area contributed by atoms with Gasteiger partial charge in [0, 0.05) is 55.1 Å². The van der Waals surface area contributed by atoms with Gasteiger partial charge in [-0.2, -0.15) is 5.10 Å². The van der Waals surface area contributed by atoms with Crippen molar-refractivity contribution in [2.75, 3.05) is 36.8 Å². The Balaban J connectivity index is 1.34. The summed E-state index contributed by atoms with van der Waals surface area (Å²) in [5, 5.41) is 5.29. The van der Waals surface area contributed by atoms with Crippen molar-refractivity contribution in [3.63, 3.8) is 0 Å². The fraction of sp³-hybridized carbons (Fsp3) is 0.148. The molecule has 4 heterocycles. The lowest BCUT2D eigenvalue weighted by atomic mass is 10.00. The van der Waals surface area contributed by atoms with Gasteiger partial charge in [0.2, 0.25) is 5.91 Å². The fourth-order valence-corrected chi connectivity index (χ4v) is 4.85. The van der Waals surface area contributed by atoms with Crippen LogP contribution in [0.1, 0.15) is 0 Å². The number of carbonyl (C=O) groups excluding carboxylic acids is 1. The maximum atomic E-state index is 12.0. The minimum absolute atomic E-state index is 0.0557. The SMILES string of the molecule is C=CC(=O)N1CCN(c2cc(-c3ccc(Oc4ccn5ncnc5c4)c(Cl)c3)c3ncnc(N)c3c2)CC1. The van der Waals surface area contributed by atoms with Crippen LogP contribution in [0.5, 0.6) is 11.5 Å². The Morgan fingerprint density at radius 1 is 1.03 bits per heavy atom. The maximum absolute atomic E-state index is 12.0. The normalized spacial score (nSPS) is 13.7. The molecular weight excluding hydrogens is 504 g/mol. The molecule has 190 valence electrons. The maximum Gasteiger partial charge on any atom is 0.246 e. The number of nitrogen functional groups attached to an aromatic ring is 1. The number of benzene rings is 2. The van der Waals surface area contributed by atoms with Gasteiger partial charge >= 0.3 is 0 Å². The quantitative estimate of drug-likeness (QED) is 0.339. The molecule has 10 nitrogen and oxygen atoms in total. The van der Waals surface area contributed by atoms with E-state index in [1.54, 1.807) is 27.7 Å². The first-order valence-corrected chi connectivity index (χ1v) is 12.4. The molecule has 2 aromatic carbocycles. The Hall–Kier alpha value is -4.70. The number of carbonyl (C=O) groups is 1. The van der Waals surface area contributed by atoms with E-state index in [1.807, 2.05) is 24.3 Å². The molecular formula is C27H23ClN8O2. The first-order valence-electron chi connectivity index (χ1n) is 12.0. The lowest BCUT2D eigenvalue weighted by Gasteiger charge is -2.36. The minimum Gasteiger partial charge on any atom is -0.456 e. The Kier molecular flexibility index (Phi) is 6.01. The molecule has 11 heteroatoms. The van der Waals surface area contributed by atoms with Crippen molar-refractivity contribution in [1.82, 2.24) is 29.5 Å². The van der Waals surface area contributed by atoms with Crippen molar-refractivity contribution in [2.24, 2.45) is 0 Å². The molecule has 0 spiro atoms. The smallest absolute Gasteiger partial charge is 0.246 e. The lowest BCUT2D eigenvalue weighted by molar-refractivity contribution is -0.126. The number of rotatable bonds is 5.